The molecular weight excluding hydrogens is 1040 g/mol. The number of carbonyl (C=O) groups excluding carboxylic acids is 2. The largest absolute Gasteiger partial charge is 0.387 e. The van der Waals surface area contributed by atoms with Crippen molar-refractivity contribution < 1.29 is 19.8 Å². The lowest BCUT2D eigenvalue weighted by atomic mass is 9.83. The molecule has 388 valence electrons. The van der Waals surface area contributed by atoms with Crippen LogP contribution in [0.4, 0.5) is 0 Å². The van der Waals surface area contributed by atoms with Gasteiger partial charge in [0, 0.05) is 20.8 Å². The Bertz CT molecular complexity index is 2870. The van der Waals surface area contributed by atoms with Crippen LogP contribution in [0.3, 0.4) is 0 Å². The smallest absolute Gasteiger partial charge is 0.183 e. The van der Waals surface area contributed by atoms with E-state index in [1.165, 1.54) is 77.0 Å². The Kier molecular flexibility index (Phi) is 18.9. The second-order valence-corrected chi connectivity index (χ2v) is 22.4. The van der Waals surface area contributed by atoms with E-state index in [9.17, 15) is 19.8 Å². The van der Waals surface area contributed by atoms with Crippen LogP contribution >= 0.6 is 31.9 Å². The number of halogens is 2. The number of hydrogen-bond donors (Lipinski definition) is 2. The van der Waals surface area contributed by atoms with Crippen molar-refractivity contribution in [2.45, 2.75) is 162 Å². The van der Waals surface area contributed by atoms with Crippen molar-refractivity contribution in [1.29, 1.82) is 0 Å². The summed E-state index contributed by atoms with van der Waals surface area (Å²) in [5, 5.41) is 21.4. The van der Waals surface area contributed by atoms with Gasteiger partial charge >= 0.3 is 0 Å². The number of aliphatic hydroxyl groups excluding tert-OH is 2. The third-order valence-electron chi connectivity index (χ3n) is 15.9. The van der Waals surface area contributed by atoms with E-state index in [4.69, 9.17) is 0 Å². The van der Waals surface area contributed by atoms with Crippen LogP contribution in [0.1, 0.15) is 192 Å². The Morgan fingerprint density at radius 1 is 0.452 bits per heavy atom. The lowest BCUT2D eigenvalue weighted by Gasteiger charge is -2.28. The number of nitrogens with zero attached hydrogens (tertiary/aromatic N) is 8. The molecule has 0 bridgehead atoms. The van der Waals surface area contributed by atoms with E-state index >= 15 is 0 Å². The predicted molar refractivity (Wildman–Crippen MR) is 297 cm³/mol. The predicted octanol–water partition coefficient (Wildman–Crippen LogP) is 14.9. The normalized spacial score (nSPS) is 17.9. The Hall–Kier alpha value is -5.02. The first-order chi connectivity index (χ1) is 35.1. The second-order valence-electron chi connectivity index (χ2n) is 20.7. The lowest BCUT2D eigenvalue weighted by Crippen LogP contribution is -2.21. The average Bonchev–Trinajstić information content (AvgIpc) is 4.28. The molecule has 0 aliphatic heterocycles. The van der Waals surface area contributed by atoms with Gasteiger partial charge < -0.3 is 14.6 Å². The maximum atomic E-state index is 12.7. The molecule has 2 atom stereocenters. The highest BCUT2D eigenvalue weighted by Gasteiger charge is 2.29. The first kappa shape index (κ1) is 54.2. The van der Waals surface area contributed by atoms with Crippen molar-refractivity contribution in [2.24, 2.45) is 23.7 Å². The molecule has 4 saturated carbocycles. The summed E-state index contributed by atoms with van der Waals surface area (Å²) >= 11 is 7.06. The molecule has 4 fully saturated rings. The molecule has 4 aliphatic rings. The van der Waals surface area contributed by atoms with Gasteiger partial charge in [-0.2, -0.15) is 0 Å². The average molecular weight is 1120 g/mol. The fraction of sp³-hybridized carbons (Fsp3) is 0.492. The highest BCUT2D eigenvalue weighted by atomic mass is 79.9. The number of hydrogen-bond acceptors (Lipinski definition) is 8. The van der Waals surface area contributed by atoms with E-state index in [0.717, 1.165) is 116 Å². The standard InChI is InChI=1S/C15H20N2O.C15H18N2O.C14H17BrN2O.C14H15BrN2O.CH4/c2*1-11-7-8-13-9-16-10-17(13)14(11)15(18)12-5-3-2-4-6-12;2*15-12-7-6-11-8-16-9-17(11)13(12)14(18)10-4-2-1-3-5-10;/h7-10,12,15,18H,2-6H2,1H3;7-10,12H,2-6H2,1H3;6-10,14,18H,1-5H2;6-10H,1-5H2;1H4. The molecule has 4 aliphatic carbocycles. The first-order valence-corrected chi connectivity index (χ1v) is 28.2. The summed E-state index contributed by atoms with van der Waals surface area (Å²) in [4.78, 5) is 41.9. The van der Waals surface area contributed by atoms with Crippen molar-refractivity contribution in [3.63, 3.8) is 0 Å². The molecule has 2 unspecified atom stereocenters. The molecule has 12 rings (SSSR count). The van der Waals surface area contributed by atoms with Crippen molar-refractivity contribution in [3.05, 3.63) is 141 Å². The minimum absolute atomic E-state index is 0. The number of Topliss-reactive ketones (excluding diaryl/α,β-unsaturated/α-hetero) is 2. The van der Waals surface area contributed by atoms with Crippen LogP contribution in [0.15, 0.2) is 108 Å². The Morgan fingerprint density at radius 3 is 1.27 bits per heavy atom. The summed E-state index contributed by atoms with van der Waals surface area (Å²) < 4.78 is 9.68. The van der Waals surface area contributed by atoms with Gasteiger partial charge in [-0.25, -0.2) is 19.9 Å². The molecule has 8 aromatic rings. The van der Waals surface area contributed by atoms with Crippen molar-refractivity contribution in [1.82, 2.24) is 37.5 Å². The van der Waals surface area contributed by atoms with E-state index in [-0.39, 0.29) is 31.1 Å². The molecule has 8 heterocycles. The maximum absolute atomic E-state index is 12.7. The molecule has 12 nitrogen and oxygen atoms in total. The SMILES string of the molecule is C.Cc1ccc2cncn2c1C(=O)C1CCCCC1.Cc1ccc2cncn2c1C(O)C1CCCCC1.O=C(c1c(Br)ccc2cncn12)C1CCCCC1.OC(c1c(Br)ccc2cncn12)C1CCCCC1. The molecule has 14 heteroatoms. The molecule has 2 N–H and O–H groups in total. The summed E-state index contributed by atoms with van der Waals surface area (Å²) in [6.07, 6.45) is 37.1. The molecular formula is C59H74Br2N8O4. The quantitative estimate of drug-likeness (QED) is 0.143. The van der Waals surface area contributed by atoms with Gasteiger partial charge in [0.25, 0.3) is 0 Å². The molecule has 0 radical (unpaired) electrons. The number of rotatable bonds is 8. The Labute approximate surface area is 447 Å². The minimum atomic E-state index is -0.405. The number of aryl methyl sites for hydroxylation is 2. The number of carbonyl (C=O) groups is 2. The van der Waals surface area contributed by atoms with Crippen molar-refractivity contribution in [2.75, 3.05) is 0 Å². The topological polar surface area (TPSA) is 144 Å². The fourth-order valence-electron chi connectivity index (χ4n) is 11.8. The Morgan fingerprint density at radius 2 is 0.795 bits per heavy atom. The molecule has 0 saturated heterocycles. The van der Waals surface area contributed by atoms with Gasteiger partial charge in [-0.05, 0) is 156 Å². The highest BCUT2D eigenvalue weighted by molar-refractivity contribution is 9.10. The van der Waals surface area contributed by atoms with E-state index in [2.05, 4.69) is 70.9 Å². The van der Waals surface area contributed by atoms with Crippen molar-refractivity contribution >= 4 is 65.5 Å². The van der Waals surface area contributed by atoms with Crippen LogP contribution in [-0.4, -0.2) is 59.3 Å². The van der Waals surface area contributed by atoms with Crippen LogP contribution in [-0.2, 0) is 0 Å². The van der Waals surface area contributed by atoms with E-state index in [1.807, 2.05) is 79.6 Å². The Balaban J connectivity index is 0.000000129. The molecule has 0 amide bonds. The maximum Gasteiger partial charge on any atom is 0.183 e. The van der Waals surface area contributed by atoms with Crippen LogP contribution in [0.2, 0.25) is 0 Å². The van der Waals surface area contributed by atoms with Gasteiger partial charge in [0.1, 0.15) is 5.69 Å². The van der Waals surface area contributed by atoms with E-state index in [1.54, 1.807) is 31.4 Å². The number of fused-ring (bicyclic) bond motifs is 4. The minimum Gasteiger partial charge on any atom is -0.387 e. The van der Waals surface area contributed by atoms with Crippen LogP contribution in [0.25, 0.3) is 22.1 Å². The molecule has 8 aromatic heterocycles. The van der Waals surface area contributed by atoms with Crippen LogP contribution < -0.4 is 0 Å². The molecule has 0 aromatic carbocycles. The number of pyridine rings is 4. The fourth-order valence-corrected chi connectivity index (χ4v) is 12.9. The number of imidazole rings is 4. The summed E-state index contributed by atoms with van der Waals surface area (Å²) in [7, 11) is 0. The molecule has 73 heavy (non-hydrogen) atoms. The van der Waals surface area contributed by atoms with Crippen LogP contribution in [0.5, 0.6) is 0 Å². The van der Waals surface area contributed by atoms with E-state index in [0.29, 0.717) is 17.6 Å². The number of aromatic nitrogens is 8. The van der Waals surface area contributed by atoms with Gasteiger partial charge in [0.05, 0.1) is 101 Å². The monoisotopic (exact) mass is 1120 g/mol. The summed E-state index contributed by atoms with van der Waals surface area (Å²) in [5.74, 6) is 1.74. The van der Waals surface area contributed by atoms with Gasteiger partial charge in [-0.1, -0.05) is 96.6 Å². The second kappa shape index (κ2) is 25.5. The van der Waals surface area contributed by atoms with Gasteiger partial charge in [-0.15, -0.1) is 0 Å². The highest BCUT2D eigenvalue weighted by Crippen LogP contribution is 2.38. The first-order valence-electron chi connectivity index (χ1n) is 26.6. The van der Waals surface area contributed by atoms with E-state index < -0.39 is 6.10 Å². The third kappa shape index (κ3) is 12.4. The van der Waals surface area contributed by atoms with Gasteiger partial charge in [-0.3, -0.25) is 22.8 Å². The zero-order chi connectivity index (χ0) is 50.1. The molecule has 0 spiro atoms. The van der Waals surface area contributed by atoms with Crippen molar-refractivity contribution in [3.8, 4) is 0 Å². The summed E-state index contributed by atoms with van der Waals surface area (Å²) in [6.45, 7) is 4.08. The zero-order valence-electron chi connectivity index (χ0n) is 41.9. The lowest BCUT2D eigenvalue weighted by molar-refractivity contribution is 0.0794. The van der Waals surface area contributed by atoms with Gasteiger partial charge in [0.2, 0.25) is 0 Å². The number of ketones is 2. The number of aliphatic hydroxyl groups is 2. The summed E-state index contributed by atoms with van der Waals surface area (Å²) in [6, 6.07) is 16.1. The zero-order valence-corrected chi connectivity index (χ0v) is 45.1. The van der Waals surface area contributed by atoms with Crippen LogP contribution in [0, 0.1) is 37.5 Å². The summed E-state index contributed by atoms with van der Waals surface area (Å²) in [5.41, 5.74) is 9.81. The third-order valence-corrected chi connectivity index (χ3v) is 17.2. The van der Waals surface area contributed by atoms with Gasteiger partial charge in [0.15, 0.2) is 11.6 Å².